The first-order valence-corrected chi connectivity index (χ1v) is 8.92. The Kier molecular flexibility index (Phi) is 5.70. The van der Waals surface area contributed by atoms with Crippen LogP contribution < -0.4 is 5.32 Å². The minimum atomic E-state index is 0.772. The number of nitrogens with zero attached hydrogens (tertiary/aromatic N) is 1. The van der Waals surface area contributed by atoms with E-state index in [2.05, 4.69) is 40.5 Å². The molecule has 2 fully saturated rings. The molecule has 1 N–H and O–H groups in total. The van der Waals surface area contributed by atoms with Crippen molar-refractivity contribution in [1.29, 1.82) is 0 Å². The third-order valence-corrected chi connectivity index (χ3v) is 4.95. The lowest BCUT2D eigenvalue weighted by molar-refractivity contribution is 0.323. The molecule has 1 saturated heterocycles. The van der Waals surface area contributed by atoms with Gasteiger partial charge in [0.25, 0.3) is 0 Å². The number of unbranched alkanes of at least 4 members (excludes halogenated alkanes) is 3. The van der Waals surface area contributed by atoms with Gasteiger partial charge in [-0.2, -0.15) is 0 Å². The predicted octanol–water partition coefficient (Wildman–Crippen LogP) is 3.79. The first-order chi connectivity index (χ1) is 10.4. The number of benzene rings is 1. The van der Waals surface area contributed by atoms with Crippen LogP contribution in [0, 0.1) is 0 Å². The second-order valence-corrected chi connectivity index (χ2v) is 6.84. The molecule has 1 aliphatic heterocycles. The van der Waals surface area contributed by atoms with E-state index < -0.39 is 0 Å². The van der Waals surface area contributed by atoms with E-state index in [1.165, 1.54) is 76.7 Å². The van der Waals surface area contributed by atoms with Crippen LogP contribution in [0.5, 0.6) is 0 Å². The second-order valence-electron chi connectivity index (χ2n) is 6.84. The third-order valence-electron chi connectivity index (χ3n) is 4.95. The largest absolute Gasteiger partial charge is 0.314 e. The standard InChI is InChI=1S/C19H30N2/c1(6-13-20-19-10-11-19)2-7-14-21-15-12-18(16-21)17-8-4-3-5-9-17/h3-5,8-9,18-20H,1-2,6-7,10-16H2. The molecule has 2 aliphatic rings. The Bertz CT molecular complexity index is 399. The highest BCUT2D eigenvalue weighted by atomic mass is 15.1. The van der Waals surface area contributed by atoms with Crippen LogP contribution in [0.2, 0.25) is 0 Å². The van der Waals surface area contributed by atoms with Crippen LogP contribution in [0.15, 0.2) is 30.3 Å². The highest BCUT2D eigenvalue weighted by molar-refractivity contribution is 5.20. The Morgan fingerprint density at radius 2 is 1.76 bits per heavy atom. The zero-order valence-corrected chi connectivity index (χ0v) is 13.3. The number of rotatable bonds is 9. The van der Waals surface area contributed by atoms with Crippen molar-refractivity contribution < 1.29 is 0 Å². The molecule has 0 bridgehead atoms. The minimum absolute atomic E-state index is 0.772. The van der Waals surface area contributed by atoms with Gasteiger partial charge in [-0.05, 0) is 63.2 Å². The first-order valence-electron chi connectivity index (χ1n) is 8.92. The predicted molar refractivity (Wildman–Crippen MR) is 89.7 cm³/mol. The van der Waals surface area contributed by atoms with Gasteiger partial charge in [-0.25, -0.2) is 0 Å². The van der Waals surface area contributed by atoms with Crippen LogP contribution in [0.25, 0.3) is 0 Å². The molecule has 116 valence electrons. The smallest absolute Gasteiger partial charge is 0.00682 e. The summed E-state index contributed by atoms with van der Waals surface area (Å²) in [4.78, 5) is 2.67. The van der Waals surface area contributed by atoms with E-state index in [-0.39, 0.29) is 0 Å². The lowest BCUT2D eigenvalue weighted by Gasteiger charge is -2.16. The van der Waals surface area contributed by atoms with E-state index in [0.29, 0.717) is 0 Å². The average molecular weight is 286 g/mol. The fourth-order valence-electron chi connectivity index (χ4n) is 3.44. The van der Waals surface area contributed by atoms with Crippen molar-refractivity contribution in [3.05, 3.63) is 35.9 Å². The maximum Gasteiger partial charge on any atom is 0.00682 e. The summed E-state index contributed by atoms with van der Waals surface area (Å²) in [6, 6.07) is 11.9. The van der Waals surface area contributed by atoms with Crippen LogP contribution in [0.1, 0.15) is 56.4 Å². The fourth-order valence-corrected chi connectivity index (χ4v) is 3.44. The molecule has 1 saturated carbocycles. The molecule has 0 amide bonds. The minimum Gasteiger partial charge on any atom is -0.314 e. The van der Waals surface area contributed by atoms with Crippen molar-refractivity contribution in [3.8, 4) is 0 Å². The van der Waals surface area contributed by atoms with E-state index in [9.17, 15) is 0 Å². The summed E-state index contributed by atoms with van der Waals surface area (Å²) < 4.78 is 0. The summed E-state index contributed by atoms with van der Waals surface area (Å²) in [5.41, 5.74) is 1.53. The number of hydrogen-bond donors (Lipinski definition) is 1. The van der Waals surface area contributed by atoms with E-state index in [4.69, 9.17) is 0 Å². The maximum atomic E-state index is 3.60. The van der Waals surface area contributed by atoms with Gasteiger partial charge in [0.05, 0.1) is 0 Å². The molecule has 2 nitrogen and oxygen atoms in total. The zero-order chi connectivity index (χ0) is 14.3. The van der Waals surface area contributed by atoms with Crippen molar-refractivity contribution >= 4 is 0 Å². The second kappa shape index (κ2) is 7.95. The Morgan fingerprint density at radius 1 is 0.952 bits per heavy atom. The van der Waals surface area contributed by atoms with Gasteiger partial charge in [-0.1, -0.05) is 43.2 Å². The van der Waals surface area contributed by atoms with Gasteiger partial charge < -0.3 is 10.2 Å². The van der Waals surface area contributed by atoms with Gasteiger partial charge in [0.1, 0.15) is 0 Å². The molecular weight excluding hydrogens is 256 g/mol. The lowest BCUT2D eigenvalue weighted by Crippen LogP contribution is -2.21. The van der Waals surface area contributed by atoms with Crippen molar-refractivity contribution in [3.63, 3.8) is 0 Å². The molecule has 1 heterocycles. The third kappa shape index (κ3) is 5.12. The summed E-state index contributed by atoms with van der Waals surface area (Å²) in [5, 5.41) is 3.60. The Morgan fingerprint density at radius 3 is 2.57 bits per heavy atom. The van der Waals surface area contributed by atoms with Crippen molar-refractivity contribution in [2.45, 2.75) is 56.9 Å². The van der Waals surface area contributed by atoms with Crippen LogP contribution in [0.4, 0.5) is 0 Å². The van der Waals surface area contributed by atoms with E-state index in [1.54, 1.807) is 0 Å². The average Bonchev–Trinajstić information content (AvgIpc) is 3.23. The molecule has 1 atom stereocenters. The Labute approximate surface area is 129 Å². The number of likely N-dealkylation sites (tertiary alicyclic amines) is 1. The zero-order valence-electron chi connectivity index (χ0n) is 13.3. The Hall–Kier alpha value is -0.860. The van der Waals surface area contributed by atoms with Crippen LogP contribution in [-0.4, -0.2) is 37.1 Å². The van der Waals surface area contributed by atoms with Gasteiger partial charge >= 0.3 is 0 Å². The summed E-state index contributed by atoms with van der Waals surface area (Å²) >= 11 is 0. The van der Waals surface area contributed by atoms with Crippen LogP contribution >= 0.6 is 0 Å². The molecule has 0 radical (unpaired) electrons. The molecule has 1 aromatic rings. The normalized spacial score (nSPS) is 22.8. The van der Waals surface area contributed by atoms with Gasteiger partial charge in [-0.15, -0.1) is 0 Å². The monoisotopic (exact) mass is 286 g/mol. The van der Waals surface area contributed by atoms with Gasteiger partial charge in [0, 0.05) is 12.6 Å². The van der Waals surface area contributed by atoms with Crippen LogP contribution in [0.3, 0.4) is 0 Å². The quantitative estimate of drug-likeness (QED) is 0.695. The van der Waals surface area contributed by atoms with E-state index in [1.807, 2.05) is 0 Å². The first kappa shape index (κ1) is 15.1. The Balaban J connectivity index is 1.23. The van der Waals surface area contributed by atoms with E-state index in [0.717, 1.165) is 12.0 Å². The molecule has 2 heteroatoms. The molecule has 1 aromatic carbocycles. The molecule has 1 unspecified atom stereocenters. The number of hydrogen-bond acceptors (Lipinski definition) is 2. The maximum absolute atomic E-state index is 3.60. The number of nitrogens with one attached hydrogen (secondary N) is 1. The van der Waals surface area contributed by atoms with Crippen LogP contribution in [-0.2, 0) is 0 Å². The molecule has 0 aromatic heterocycles. The molecule has 3 rings (SSSR count). The summed E-state index contributed by atoms with van der Waals surface area (Å²) in [6.07, 6.45) is 9.72. The highest BCUT2D eigenvalue weighted by Crippen LogP contribution is 2.27. The van der Waals surface area contributed by atoms with E-state index >= 15 is 0 Å². The van der Waals surface area contributed by atoms with Gasteiger partial charge in [0.2, 0.25) is 0 Å². The topological polar surface area (TPSA) is 15.3 Å². The summed E-state index contributed by atoms with van der Waals surface area (Å²) in [6.45, 7) is 5.11. The van der Waals surface area contributed by atoms with Crippen molar-refractivity contribution in [1.82, 2.24) is 10.2 Å². The SMILES string of the molecule is c1ccc(C2CCN(CCCCCCNC3CC3)C2)cc1. The summed E-state index contributed by atoms with van der Waals surface area (Å²) in [7, 11) is 0. The summed E-state index contributed by atoms with van der Waals surface area (Å²) in [5.74, 6) is 0.772. The molecular formula is C19H30N2. The highest BCUT2D eigenvalue weighted by Gasteiger charge is 2.23. The van der Waals surface area contributed by atoms with Crippen molar-refractivity contribution in [2.75, 3.05) is 26.2 Å². The molecule has 1 aliphatic carbocycles. The molecule has 0 spiro atoms. The fraction of sp³-hybridized carbons (Fsp3) is 0.684. The lowest BCUT2D eigenvalue weighted by atomic mass is 9.99. The van der Waals surface area contributed by atoms with Gasteiger partial charge in [-0.3, -0.25) is 0 Å². The molecule has 21 heavy (non-hydrogen) atoms. The van der Waals surface area contributed by atoms with Gasteiger partial charge in [0.15, 0.2) is 0 Å². The van der Waals surface area contributed by atoms with Crippen molar-refractivity contribution in [2.24, 2.45) is 0 Å².